The number of carbonyl (C=O) groups is 2. The molecule has 2 amide bonds. The van der Waals surface area contributed by atoms with Gasteiger partial charge in [-0.05, 0) is 42.5 Å². The second-order valence-corrected chi connectivity index (χ2v) is 8.37. The molecule has 2 saturated carbocycles. The number of nitrogens with two attached hydrogens (primary N) is 1. The van der Waals surface area contributed by atoms with Gasteiger partial charge in [-0.25, -0.2) is 0 Å². The lowest BCUT2D eigenvalue weighted by atomic mass is 9.87. The Morgan fingerprint density at radius 1 is 0.786 bits per heavy atom. The Morgan fingerprint density at radius 3 is 1.93 bits per heavy atom. The number of nitrogens with zero attached hydrogens (tertiary/aromatic N) is 1. The minimum absolute atomic E-state index is 0.00407. The van der Waals surface area contributed by atoms with Crippen LogP contribution in [0.3, 0.4) is 0 Å². The van der Waals surface area contributed by atoms with Crippen molar-refractivity contribution in [1.82, 2.24) is 4.90 Å². The van der Waals surface area contributed by atoms with Gasteiger partial charge in [0.2, 0.25) is 5.91 Å². The highest BCUT2D eigenvalue weighted by atomic mass is 16.2. The molecule has 2 fully saturated rings. The van der Waals surface area contributed by atoms with E-state index in [2.05, 4.69) is 4.90 Å². The van der Waals surface area contributed by atoms with Gasteiger partial charge in [0.1, 0.15) is 0 Å². The summed E-state index contributed by atoms with van der Waals surface area (Å²) in [6.07, 6.45) is 11.5. The summed E-state index contributed by atoms with van der Waals surface area (Å²) in [5, 5.41) is 1.81. The molecular weight excluding hydrogens is 348 g/mol. The maximum absolute atomic E-state index is 14.0. The summed E-state index contributed by atoms with van der Waals surface area (Å²) in [4.78, 5) is 28.4. The fraction of sp³-hybridized carbons (Fsp3) is 0.500. The second kappa shape index (κ2) is 8.34. The lowest BCUT2D eigenvalue weighted by molar-refractivity contribution is 0.0448. The first kappa shape index (κ1) is 19.0. The van der Waals surface area contributed by atoms with Gasteiger partial charge in [-0.15, -0.1) is 0 Å². The van der Waals surface area contributed by atoms with Crippen LogP contribution in [-0.4, -0.2) is 28.8 Å². The van der Waals surface area contributed by atoms with Crippen LogP contribution in [0.2, 0.25) is 0 Å². The summed E-state index contributed by atoms with van der Waals surface area (Å²) in [5.41, 5.74) is 6.54. The second-order valence-electron chi connectivity index (χ2n) is 8.37. The molecule has 4 heteroatoms. The smallest absolute Gasteiger partial charge is 0.255 e. The molecule has 0 heterocycles. The average molecular weight is 379 g/mol. The molecule has 2 aromatic carbocycles. The number of fused-ring (bicyclic) bond motifs is 1. The monoisotopic (exact) mass is 378 g/mol. The molecule has 0 radical (unpaired) electrons. The number of hydrogen-bond donors (Lipinski definition) is 1. The zero-order valence-electron chi connectivity index (χ0n) is 16.5. The minimum atomic E-state index is -0.527. The van der Waals surface area contributed by atoms with Crippen molar-refractivity contribution in [3.05, 3.63) is 47.5 Å². The molecule has 148 valence electrons. The van der Waals surface area contributed by atoms with Crippen molar-refractivity contribution in [2.75, 3.05) is 0 Å². The van der Waals surface area contributed by atoms with Crippen LogP contribution in [0.4, 0.5) is 0 Å². The van der Waals surface area contributed by atoms with Crippen LogP contribution in [0.1, 0.15) is 84.9 Å². The quantitative estimate of drug-likeness (QED) is 0.809. The lowest BCUT2D eigenvalue weighted by Gasteiger charge is -2.42. The van der Waals surface area contributed by atoms with Gasteiger partial charge in [-0.2, -0.15) is 0 Å². The fourth-order valence-electron chi connectivity index (χ4n) is 5.18. The van der Waals surface area contributed by atoms with Crippen LogP contribution >= 0.6 is 0 Å². The summed E-state index contributed by atoms with van der Waals surface area (Å²) in [6, 6.07) is 12.0. The highest BCUT2D eigenvalue weighted by Crippen LogP contribution is 2.33. The van der Waals surface area contributed by atoms with E-state index in [0.717, 1.165) is 36.5 Å². The molecule has 0 unspecified atom stereocenters. The molecule has 28 heavy (non-hydrogen) atoms. The van der Waals surface area contributed by atoms with E-state index in [1.54, 1.807) is 6.07 Å². The highest BCUT2D eigenvalue weighted by Gasteiger charge is 2.35. The van der Waals surface area contributed by atoms with Crippen molar-refractivity contribution in [2.45, 2.75) is 76.3 Å². The normalized spacial score (nSPS) is 18.9. The molecule has 0 atom stereocenters. The highest BCUT2D eigenvalue weighted by molar-refractivity contribution is 6.15. The SMILES string of the molecule is NC(=O)c1ccc2ccccc2c1C(=O)N(C1CCCCC1)C1CCCCC1. The summed E-state index contributed by atoms with van der Waals surface area (Å²) < 4.78 is 0. The predicted octanol–water partition coefficient (Wildman–Crippen LogP) is 5.05. The van der Waals surface area contributed by atoms with Crippen LogP contribution in [0.15, 0.2) is 36.4 Å². The first-order chi connectivity index (χ1) is 13.7. The molecule has 2 aromatic rings. The Hall–Kier alpha value is -2.36. The Kier molecular flexibility index (Phi) is 5.65. The number of carbonyl (C=O) groups excluding carboxylic acids is 2. The van der Waals surface area contributed by atoms with E-state index in [1.807, 2.05) is 30.3 Å². The summed E-state index contributed by atoms with van der Waals surface area (Å²) in [7, 11) is 0. The molecular formula is C24H30N2O2. The van der Waals surface area contributed by atoms with Crippen molar-refractivity contribution in [1.29, 1.82) is 0 Å². The fourth-order valence-corrected chi connectivity index (χ4v) is 5.18. The van der Waals surface area contributed by atoms with Crippen molar-refractivity contribution < 1.29 is 9.59 Å². The van der Waals surface area contributed by atoms with Crippen LogP contribution < -0.4 is 5.73 Å². The third kappa shape index (κ3) is 3.65. The van der Waals surface area contributed by atoms with Gasteiger partial charge in [0, 0.05) is 12.1 Å². The first-order valence-corrected chi connectivity index (χ1v) is 10.8. The first-order valence-electron chi connectivity index (χ1n) is 10.8. The molecule has 0 aromatic heterocycles. The lowest BCUT2D eigenvalue weighted by Crippen LogP contribution is -2.49. The maximum atomic E-state index is 14.0. The Morgan fingerprint density at radius 2 is 1.36 bits per heavy atom. The van der Waals surface area contributed by atoms with E-state index in [-0.39, 0.29) is 18.0 Å². The van der Waals surface area contributed by atoms with E-state index in [4.69, 9.17) is 5.73 Å². The predicted molar refractivity (Wildman–Crippen MR) is 112 cm³/mol. The molecule has 2 N–H and O–H groups in total. The molecule has 0 spiro atoms. The maximum Gasteiger partial charge on any atom is 0.255 e. The van der Waals surface area contributed by atoms with Gasteiger partial charge in [-0.3, -0.25) is 9.59 Å². The van der Waals surface area contributed by atoms with Crippen LogP contribution in [-0.2, 0) is 0 Å². The van der Waals surface area contributed by atoms with E-state index in [1.165, 1.54) is 38.5 Å². The number of benzene rings is 2. The number of amides is 2. The third-order valence-corrected chi connectivity index (χ3v) is 6.58. The van der Waals surface area contributed by atoms with Crippen molar-refractivity contribution in [2.24, 2.45) is 5.73 Å². The number of rotatable bonds is 4. The third-order valence-electron chi connectivity index (χ3n) is 6.58. The zero-order chi connectivity index (χ0) is 19.5. The summed E-state index contributed by atoms with van der Waals surface area (Å²) >= 11 is 0. The molecule has 2 aliphatic carbocycles. The van der Waals surface area contributed by atoms with Gasteiger partial charge < -0.3 is 10.6 Å². The number of hydrogen-bond acceptors (Lipinski definition) is 2. The van der Waals surface area contributed by atoms with E-state index < -0.39 is 5.91 Å². The Bertz CT molecular complexity index is 846. The molecule has 0 bridgehead atoms. The molecule has 2 aliphatic rings. The molecule has 4 nitrogen and oxygen atoms in total. The van der Waals surface area contributed by atoms with Gasteiger partial charge in [0.25, 0.3) is 5.91 Å². The van der Waals surface area contributed by atoms with E-state index in [0.29, 0.717) is 11.1 Å². The Balaban J connectivity index is 1.81. The van der Waals surface area contributed by atoms with Gasteiger partial charge in [-0.1, -0.05) is 68.9 Å². The molecule has 4 rings (SSSR count). The van der Waals surface area contributed by atoms with E-state index in [9.17, 15) is 9.59 Å². The summed E-state index contributed by atoms with van der Waals surface area (Å²) in [5.74, 6) is -0.522. The van der Waals surface area contributed by atoms with Crippen molar-refractivity contribution in [3.8, 4) is 0 Å². The van der Waals surface area contributed by atoms with E-state index >= 15 is 0 Å². The minimum Gasteiger partial charge on any atom is -0.366 e. The van der Waals surface area contributed by atoms with Crippen LogP contribution in [0, 0.1) is 0 Å². The van der Waals surface area contributed by atoms with Crippen molar-refractivity contribution >= 4 is 22.6 Å². The summed E-state index contributed by atoms with van der Waals surface area (Å²) in [6.45, 7) is 0. The van der Waals surface area contributed by atoms with Crippen LogP contribution in [0.5, 0.6) is 0 Å². The van der Waals surface area contributed by atoms with Crippen molar-refractivity contribution in [3.63, 3.8) is 0 Å². The Labute approximate surface area is 167 Å². The molecule has 0 saturated heterocycles. The standard InChI is InChI=1S/C24H30N2O2/c25-23(27)21-16-15-17-9-7-8-14-20(17)22(21)24(28)26(18-10-3-1-4-11-18)19-12-5-2-6-13-19/h7-9,14-16,18-19H,1-6,10-13H2,(H2,25,27). The zero-order valence-corrected chi connectivity index (χ0v) is 16.5. The molecule has 0 aliphatic heterocycles. The van der Waals surface area contributed by atoms with Gasteiger partial charge >= 0.3 is 0 Å². The van der Waals surface area contributed by atoms with Crippen LogP contribution in [0.25, 0.3) is 10.8 Å². The average Bonchev–Trinajstić information content (AvgIpc) is 2.74. The van der Waals surface area contributed by atoms with Gasteiger partial charge in [0.05, 0.1) is 11.1 Å². The largest absolute Gasteiger partial charge is 0.366 e. The number of primary amides is 1. The topological polar surface area (TPSA) is 63.4 Å². The van der Waals surface area contributed by atoms with Gasteiger partial charge in [0.15, 0.2) is 0 Å².